The van der Waals surface area contributed by atoms with Crippen LogP contribution in [0.4, 0.5) is 0 Å². The van der Waals surface area contributed by atoms with Gasteiger partial charge in [-0.3, -0.25) is 0 Å². The van der Waals surface area contributed by atoms with E-state index in [0.29, 0.717) is 29.5 Å². The van der Waals surface area contributed by atoms with Crippen molar-refractivity contribution in [2.24, 2.45) is 0 Å². The summed E-state index contributed by atoms with van der Waals surface area (Å²) in [6.07, 6.45) is 10.2. The van der Waals surface area contributed by atoms with Crippen molar-refractivity contribution < 1.29 is 14.9 Å². The van der Waals surface area contributed by atoms with Crippen molar-refractivity contribution in [2.45, 2.75) is 51.2 Å². The van der Waals surface area contributed by atoms with E-state index in [1.165, 1.54) is 0 Å². The van der Waals surface area contributed by atoms with E-state index in [2.05, 4.69) is 4.98 Å². The molecule has 1 aromatic heterocycles. The molecule has 1 aromatic carbocycles. The van der Waals surface area contributed by atoms with Crippen molar-refractivity contribution in [3.63, 3.8) is 0 Å². The SMILES string of the molecule is CC(O)(Cn1ccnc1)c1cc(Cl)ccc1OCCCCCCCO. The monoisotopic (exact) mass is 366 g/mol. The smallest absolute Gasteiger partial charge is 0.125 e. The Morgan fingerprint density at radius 3 is 2.68 bits per heavy atom. The van der Waals surface area contributed by atoms with Gasteiger partial charge in [-0.05, 0) is 38.0 Å². The molecule has 0 amide bonds. The van der Waals surface area contributed by atoms with Crippen molar-refractivity contribution in [1.82, 2.24) is 9.55 Å². The maximum atomic E-state index is 11.0. The van der Waals surface area contributed by atoms with Crippen LogP contribution in [-0.4, -0.2) is 33.0 Å². The lowest BCUT2D eigenvalue weighted by atomic mass is 9.95. The first-order valence-corrected chi connectivity index (χ1v) is 9.12. The largest absolute Gasteiger partial charge is 0.493 e. The van der Waals surface area contributed by atoms with Crippen LogP contribution in [0, 0.1) is 0 Å². The average Bonchev–Trinajstić information content (AvgIpc) is 3.07. The normalized spacial score (nSPS) is 13.6. The second kappa shape index (κ2) is 9.80. The molecule has 2 rings (SSSR count). The van der Waals surface area contributed by atoms with Crippen LogP contribution in [0.1, 0.15) is 44.6 Å². The first-order chi connectivity index (χ1) is 12.0. The number of imidazole rings is 1. The maximum Gasteiger partial charge on any atom is 0.125 e. The van der Waals surface area contributed by atoms with Gasteiger partial charge in [-0.15, -0.1) is 0 Å². The van der Waals surface area contributed by atoms with E-state index in [1.807, 2.05) is 16.8 Å². The van der Waals surface area contributed by atoms with Crippen LogP contribution in [0.15, 0.2) is 36.9 Å². The van der Waals surface area contributed by atoms with Gasteiger partial charge in [0.25, 0.3) is 0 Å². The summed E-state index contributed by atoms with van der Waals surface area (Å²) in [6.45, 7) is 2.97. The van der Waals surface area contributed by atoms with E-state index in [4.69, 9.17) is 21.4 Å². The number of aliphatic hydroxyl groups is 2. The van der Waals surface area contributed by atoms with Gasteiger partial charge in [0.2, 0.25) is 0 Å². The van der Waals surface area contributed by atoms with Gasteiger partial charge in [0.15, 0.2) is 0 Å². The van der Waals surface area contributed by atoms with E-state index >= 15 is 0 Å². The number of rotatable bonds is 11. The number of hydrogen-bond donors (Lipinski definition) is 2. The Balaban J connectivity index is 1.96. The number of aromatic nitrogens is 2. The Labute approximate surface area is 154 Å². The highest BCUT2D eigenvalue weighted by atomic mass is 35.5. The van der Waals surface area contributed by atoms with Gasteiger partial charge in [0, 0.05) is 29.6 Å². The molecule has 0 radical (unpaired) electrons. The minimum absolute atomic E-state index is 0.261. The van der Waals surface area contributed by atoms with Gasteiger partial charge in [0.1, 0.15) is 11.4 Å². The van der Waals surface area contributed by atoms with Crippen LogP contribution >= 0.6 is 11.6 Å². The summed E-state index contributed by atoms with van der Waals surface area (Å²) in [6, 6.07) is 5.34. The lowest BCUT2D eigenvalue weighted by molar-refractivity contribution is 0.0352. The number of aliphatic hydroxyl groups excluding tert-OH is 1. The summed E-state index contributed by atoms with van der Waals surface area (Å²) in [4.78, 5) is 4.01. The zero-order valence-electron chi connectivity index (χ0n) is 14.7. The standard InChI is InChI=1S/C19H27ClN2O3/c1-19(24,14-22-10-9-21-15-22)17-13-16(20)7-8-18(17)25-12-6-4-2-3-5-11-23/h7-10,13,15,23-24H,2-6,11-12,14H2,1H3. The summed E-state index contributed by atoms with van der Waals surface area (Å²) in [7, 11) is 0. The molecular formula is C19H27ClN2O3. The van der Waals surface area contributed by atoms with Crippen molar-refractivity contribution in [1.29, 1.82) is 0 Å². The summed E-state index contributed by atoms with van der Waals surface area (Å²) >= 11 is 6.13. The molecule has 0 aliphatic rings. The molecule has 5 nitrogen and oxygen atoms in total. The molecular weight excluding hydrogens is 340 g/mol. The minimum Gasteiger partial charge on any atom is -0.493 e. The lowest BCUT2D eigenvalue weighted by Crippen LogP contribution is -2.28. The molecule has 0 bridgehead atoms. The van der Waals surface area contributed by atoms with Gasteiger partial charge < -0.3 is 19.5 Å². The molecule has 2 N–H and O–H groups in total. The zero-order chi connectivity index (χ0) is 18.1. The van der Waals surface area contributed by atoms with E-state index in [0.717, 1.165) is 32.1 Å². The molecule has 1 heterocycles. The van der Waals surface area contributed by atoms with Crippen molar-refractivity contribution >= 4 is 11.6 Å². The van der Waals surface area contributed by atoms with Crippen LogP contribution in [0.3, 0.4) is 0 Å². The van der Waals surface area contributed by atoms with Crippen LogP contribution in [-0.2, 0) is 12.1 Å². The van der Waals surface area contributed by atoms with Crippen LogP contribution in [0.25, 0.3) is 0 Å². The van der Waals surface area contributed by atoms with E-state index in [9.17, 15) is 5.11 Å². The highest BCUT2D eigenvalue weighted by Crippen LogP contribution is 2.33. The third-order valence-electron chi connectivity index (χ3n) is 4.13. The topological polar surface area (TPSA) is 67.5 Å². The predicted molar refractivity (Wildman–Crippen MR) is 98.9 cm³/mol. The molecule has 2 aromatic rings. The fraction of sp³-hybridized carbons (Fsp3) is 0.526. The van der Waals surface area contributed by atoms with E-state index in [1.54, 1.807) is 31.6 Å². The fourth-order valence-electron chi connectivity index (χ4n) is 2.80. The van der Waals surface area contributed by atoms with Gasteiger partial charge in [-0.1, -0.05) is 30.9 Å². The fourth-order valence-corrected chi connectivity index (χ4v) is 2.97. The molecule has 1 atom stereocenters. The third-order valence-corrected chi connectivity index (χ3v) is 4.37. The quantitative estimate of drug-likeness (QED) is 0.594. The van der Waals surface area contributed by atoms with Crippen molar-refractivity contribution in [3.05, 3.63) is 47.5 Å². The number of halogens is 1. The minimum atomic E-state index is -1.12. The third kappa shape index (κ3) is 6.34. The molecule has 6 heteroatoms. The van der Waals surface area contributed by atoms with E-state index < -0.39 is 5.60 Å². The predicted octanol–water partition coefficient (Wildman–Crippen LogP) is 3.77. The summed E-state index contributed by atoms with van der Waals surface area (Å²) in [5, 5.41) is 20.3. The molecule has 0 saturated heterocycles. The Kier molecular flexibility index (Phi) is 7.75. The van der Waals surface area contributed by atoms with Crippen LogP contribution in [0.2, 0.25) is 5.02 Å². The Hall–Kier alpha value is -1.56. The summed E-state index contributed by atoms with van der Waals surface area (Å²) in [5.41, 5.74) is -0.448. The van der Waals surface area contributed by atoms with Crippen LogP contribution < -0.4 is 4.74 Å². The molecule has 25 heavy (non-hydrogen) atoms. The Morgan fingerprint density at radius 2 is 1.96 bits per heavy atom. The lowest BCUT2D eigenvalue weighted by Gasteiger charge is -2.27. The van der Waals surface area contributed by atoms with Gasteiger partial charge in [-0.25, -0.2) is 4.98 Å². The molecule has 0 saturated carbocycles. The molecule has 138 valence electrons. The summed E-state index contributed by atoms with van der Waals surface area (Å²) < 4.78 is 7.74. The number of benzene rings is 1. The first kappa shape index (κ1) is 19.8. The second-order valence-corrected chi connectivity index (χ2v) is 6.93. The number of ether oxygens (including phenoxy) is 1. The molecule has 0 aliphatic carbocycles. The zero-order valence-corrected chi connectivity index (χ0v) is 15.5. The summed E-state index contributed by atoms with van der Waals surface area (Å²) in [5.74, 6) is 0.657. The Morgan fingerprint density at radius 1 is 1.20 bits per heavy atom. The van der Waals surface area contributed by atoms with Crippen LogP contribution in [0.5, 0.6) is 5.75 Å². The highest BCUT2D eigenvalue weighted by molar-refractivity contribution is 6.30. The Bertz CT molecular complexity index is 630. The molecule has 0 spiro atoms. The van der Waals surface area contributed by atoms with Gasteiger partial charge in [-0.2, -0.15) is 0 Å². The highest BCUT2D eigenvalue weighted by Gasteiger charge is 2.28. The second-order valence-electron chi connectivity index (χ2n) is 6.49. The maximum absolute atomic E-state index is 11.0. The first-order valence-electron chi connectivity index (χ1n) is 8.75. The molecule has 0 aliphatic heterocycles. The average molecular weight is 367 g/mol. The number of unbranched alkanes of at least 4 members (excludes halogenated alkanes) is 4. The van der Waals surface area contributed by atoms with Crippen molar-refractivity contribution in [3.8, 4) is 5.75 Å². The number of hydrogen-bond acceptors (Lipinski definition) is 4. The van der Waals surface area contributed by atoms with Gasteiger partial charge in [0.05, 0.1) is 19.5 Å². The number of nitrogens with zero attached hydrogens (tertiary/aromatic N) is 2. The van der Waals surface area contributed by atoms with Crippen molar-refractivity contribution in [2.75, 3.05) is 13.2 Å². The molecule has 1 unspecified atom stereocenters. The molecule has 0 fully saturated rings. The van der Waals surface area contributed by atoms with E-state index in [-0.39, 0.29) is 6.61 Å². The van der Waals surface area contributed by atoms with Gasteiger partial charge >= 0.3 is 0 Å².